The lowest BCUT2D eigenvalue weighted by Gasteiger charge is -2.41. The van der Waals surface area contributed by atoms with Gasteiger partial charge < -0.3 is 9.64 Å². The number of hydrogen-bond acceptors (Lipinski definition) is 2. The Morgan fingerprint density at radius 3 is 2.90 bits per heavy atom. The van der Waals surface area contributed by atoms with E-state index in [2.05, 4.69) is 19.8 Å². The van der Waals surface area contributed by atoms with Crippen LogP contribution in [0.4, 0.5) is 0 Å². The van der Waals surface area contributed by atoms with Gasteiger partial charge in [0, 0.05) is 30.5 Å². The molecule has 3 heteroatoms. The van der Waals surface area contributed by atoms with Crippen LogP contribution in [0.15, 0.2) is 18.2 Å². The van der Waals surface area contributed by atoms with E-state index in [1.54, 1.807) is 0 Å². The van der Waals surface area contributed by atoms with Crippen LogP contribution in [-0.2, 0) is 4.79 Å². The number of nitrogens with zero attached hydrogens (tertiary/aromatic N) is 1. The molecule has 0 aromatic heterocycles. The fourth-order valence-corrected chi connectivity index (χ4v) is 3.18. The first-order chi connectivity index (χ1) is 9.50. The van der Waals surface area contributed by atoms with Gasteiger partial charge in [-0.3, -0.25) is 4.79 Å². The summed E-state index contributed by atoms with van der Waals surface area (Å²) in [5.41, 5.74) is 1.62. The van der Waals surface area contributed by atoms with Crippen LogP contribution < -0.4 is 4.74 Å². The summed E-state index contributed by atoms with van der Waals surface area (Å²) >= 11 is 0. The van der Waals surface area contributed by atoms with Crippen LogP contribution in [0.1, 0.15) is 50.3 Å². The number of carbonyl (C=O) groups is 1. The van der Waals surface area contributed by atoms with Crippen molar-refractivity contribution in [2.75, 3.05) is 6.54 Å². The summed E-state index contributed by atoms with van der Waals surface area (Å²) in [7, 11) is 0. The highest BCUT2D eigenvalue weighted by atomic mass is 16.5. The number of benzene rings is 1. The third-order valence-electron chi connectivity index (χ3n) is 4.09. The predicted molar refractivity (Wildman–Crippen MR) is 77.4 cm³/mol. The van der Waals surface area contributed by atoms with E-state index in [4.69, 9.17) is 11.2 Å². The summed E-state index contributed by atoms with van der Waals surface area (Å²) in [6.45, 7) is 4.97. The van der Waals surface area contributed by atoms with Crippen LogP contribution in [0.2, 0.25) is 0 Å². The van der Waals surface area contributed by atoms with Crippen molar-refractivity contribution in [3.8, 4) is 18.1 Å². The van der Waals surface area contributed by atoms with E-state index in [9.17, 15) is 4.79 Å². The molecule has 0 bridgehead atoms. The topological polar surface area (TPSA) is 29.5 Å². The maximum Gasteiger partial charge on any atom is 0.223 e. The lowest BCUT2D eigenvalue weighted by Crippen LogP contribution is -2.42. The van der Waals surface area contributed by atoms with Crippen LogP contribution in [0.3, 0.4) is 0 Å². The third kappa shape index (κ3) is 2.16. The Morgan fingerprint density at radius 1 is 1.45 bits per heavy atom. The molecule has 1 fully saturated rings. The summed E-state index contributed by atoms with van der Waals surface area (Å²) in [5.74, 6) is 3.75. The summed E-state index contributed by atoms with van der Waals surface area (Å²) in [5, 5.41) is 0. The third-order valence-corrected chi connectivity index (χ3v) is 4.09. The number of ether oxygens (including phenoxy) is 1. The summed E-state index contributed by atoms with van der Waals surface area (Å²) in [6.07, 6.45) is 7.90. The molecular formula is C17H19NO2. The van der Waals surface area contributed by atoms with Crippen LogP contribution in [0.5, 0.6) is 5.75 Å². The molecule has 3 rings (SSSR count). The quantitative estimate of drug-likeness (QED) is 0.734. The normalized spacial score (nSPS) is 23.9. The Balaban J connectivity index is 2.06. The number of rotatable bonds is 1. The predicted octanol–water partition coefficient (Wildman–Crippen LogP) is 2.89. The van der Waals surface area contributed by atoms with Crippen LogP contribution in [0, 0.1) is 12.3 Å². The molecule has 0 aliphatic carbocycles. The van der Waals surface area contributed by atoms with Crippen LogP contribution in [-0.4, -0.2) is 23.0 Å². The van der Waals surface area contributed by atoms with Crippen molar-refractivity contribution in [1.29, 1.82) is 0 Å². The van der Waals surface area contributed by atoms with E-state index in [1.807, 2.05) is 23.1 Å². The fourth-order valence-electron chi connectivity index (χ4n) is 3.18. The molecule has 0 unspecified atom stereocenters. The average molecular weight is 269 g/mol. The van der Waals surface area contributed by atoms with Gasteiger partial charge in [-0.15, -0.1) is 6.42 Å². The van der Waals surface area contributed by atoms with Crippen LogP contribution in [0.25, 0.3) is 0 Å². The lowest BCUT2D eigenvalue weighted by molar-refractivity contribution is -0.131. The van der Waals surface area contributed by atoms with Crippen molar-refractivity contribution in [2.45, 2.75) is 44.8 Å². The first-order valence-corrected chi connectivity index (χ1v) is 7.09. The second-order valence-electron chi connectivity index (χ2n) is 6.17. The van der Waals surface area contributed by atoms with Crippen molar-refractivity contribution < 1.29 is 9.53 Å². The highest BCUT2D eigenvalue weighted by Crippen LogP contribution is 2.44. The maximum atomic E-state index is 12.1. The van der Waals surface area contributed by atoms with Crippen molar-refractivity contribution >= 4 is 5.91 Å². The Kier molecular flexibility index (Phi) is 2.97. The second kappa shape index (κ2) is 4.56. The van der Waals surface area contributed by atoms with Crippen LogP contribution >= 0.6 is 0 Å². The van der Waals surface area contributed by atoms with E-state index in [1.165, 1.54) is 0 Å². The highest BCUT2D eigenvalue weighted by Gasteiger charge is 2.39. The van der Waals surface area contributed by atoms with Crippen molar-refractivity contribution in [3.63, 3.8) is 0 Å². The zero-order valence-corrected chi connectivity index (χ0v) is 12.0. The van der Waals surface area contributed by atoms with Gasteiger partial charge in [-0.25, -0.2) is 0 Å². The van der Waals surface area contributed by atoms with E-state index >= 15 is 0 Å². The van der Waals surface area contributed by atoms with Gasteiger partial charge in [0.2, 0.25) is 5.91 Å². The number of terminal acetylenes is 1. The molecule has 2 aliphatic heterocycles. The minimum atomic E-state index is -0.266. The molecule has 0 spiro atoms. The van der Waals surface area contributed by atoms with Gasteiger partial charge in [-0.05, 0) is 38.5 Å². The molecule has 20 heavy (non-hydrogen) atoms. The standard InChI is InChI=1S/C17H19NO2/c1-4-12-7-8-15-13(10-12)14(11-17(2,3)20-15)18-9-5-6-16(18)19/h1,7-8,10,14H,5-6,9,11H2,2-3H3/t14-/m0/s1. The molecule has 0 saturated carbocycles. The van der Waals surface area contributed by atoms with Gasteiger partial charge in [0.15, 0.2) is 0 Å². The Morgan fingerprint density at radius 2 is 2.25 bits per heavy atom. The van der Waals surface area contributed by atoms with Crippen molar-refractivity contribution in [1.82, 2.24) is 4.90 Å². The Labute approximate surface area is 119 Å². The summed E-state index contributed by atoms with van der Waals surface area (Å²) < 4.78 is 6.04. The van der Waals surface area contributed by atoms with Gasteiger partial charge >= 0.3 is 0 Å². The molecular weight excluding hydrogens is 250 g/mol. The second-order valence-corrected chi connectivity index (χ2v) is 6.17. The largest absolute Gasteiger partial charge is 0.487 e. The molecule has 2 heterocycles. The molecule has 2 aliphatic rings. The monoisotopic (exact) mass is 269 g/mol. The molecule has 1 amide bonds. The molecule has 104 valence electrons. The molecule has 0 N–H and O–H groups in total. The van der Waals surface area contributed by atoms with Crippen molar-refractivity contribution in [2.24, 2.45) is 0 Å². The van der Waals surface area contributed by atoms with Gasteiger partial charge in [-0.1, -0.05) is 5.92 Å². The number of fused-ring (bicyclic) bond motifs is 1. The summed E-state index contributed by atoms with van der Waals surface area (Å²) in [6, 6.07) is 5.89. The van der Waals surface area contributed by atoms with Crippen molar-refractivity contribution in [3.05, 3.63) is 29.3 Å². The zero-order valence-electron chi connectivity index (χ0n) is 12.0. The number of likely N-dealkylation sites (tertiary alicyclic amines) is 1. The Hall–Kier alpha value is -1.95. The van der Waals surface area contributed by atoms with E-state index in [-0.39, 0.29) is 17.6 Å². The minimum absolute atomic E-state index is 0.0806. The lowest BCUT2D eigenvalue weighted by atomic mass is 9.88. The first kappa shape index (κ1) is 13.1. The molecule has 1 aromatic carbocycles. The Bertz CT molecular complexity index is 597. The van der Waals surface area contributed by atoms with E-state index in [0.717, 1.165) is 36.3 Å². The maximum absolute atomic E-state index is 12.1. The highest BCUT2D eigenvalue weighted by molar-refractivity contribution is 5.78. The van der Waals surface area contributed by atoms with Gasteiger partial charge in [0.1, 0.15) is 11.4 Å². The van der Waals surface area contributed by atoms with Gasteiger partial charge in [-0.2, -0.15) is 0 Å². The van der Waals surface area contributed by atoms with Gasteiger partial charge in [0.05, 0.1) is 6.04 Å². The van der Waals surface area contributed by atoms with E-state index in [0.29, 0.717) is 6.42 Å². The first-order valence-electron chi connectivity index (χ1n) is 7.09. The average Bonchev–Trinajstić information content (AvgIpc) is 2.82. The molecule has 1 aromatic rings. The SMILES string of the molecule is C#Cc1ccc2c(c1)[C@@H](N1CCCC1=O)CC(C)(C)O2. The number of hydrogen-bond donors (Lipinski definition) is 0. The van der Waals surface area contributed by atoms with E-state index < -0.39 is 0 Å². The molecule has 0 radical (unpaired) electrons. The molecule has 3 nitrogen and oxygen atoms in total. The molecule has 1 saturated heterocycles. The zero-order chi connectivity index (χ0) is 14.3. The molecule has 1 atom stereocenters. The smallest absolute Gasteiger partial charge is 0.223 e. The minimum Gasteiger partial charge on any atom is -0.487 e. The fraction of sp³-hybridized carbons (Fsp3) is 0.471. The number of carbonyl (C=O) groups excluding carboxylic acids is 1. The van der Waals surface area contributed by atoms with Gasteiger partial charge in [0.25, 0.3) is 0 Å². The summed E-state index contributed by atoms with van der Waals surface area (Å²) in [4.78, 5) is 14.1. The number of amides is 1.